The Balaban J connectivity index is 1.51. The molecule has 8 heteroatoms. The first-order chi connectivity index (χ1) is 12.0. The average Bonchev–Trinajstić information content (AvgIpc) is 3.07. The van der Waals surface area contributed by atoms with Gasteiger partial charge >= 0.3 is 6.03 Å². The maximum Gasteiger partial charge on any atom is 0.322 e. The monoisotopic (exact) mass is 397 g/mol. The molecular weight excluding hydrogens is 381 g/mol. The van der Waals surface area contributed by atoms with Crippen LogP contribution >= 0.6 is 34.5 Å². The number of hydrogen-bond donors (Lipinski definition) is 2. The van der Waals surface area contributed by atoms with Crippen molar-refractivity contribution in [2.45, 2.75) is 12.8 Å². The summed E-state index contributed by atoms with van der Waals surface area (Å²) in [6.07, 6.45) is 1.25. The Bertz CT molecular complexity index is 739. The van der Waals surface area contributed by atoms with Gasteiger partial charge in [-0.2, -0.15) is 0 Å². The molecule has 0 radical (unpaired) electrons. The molecule has 1 aliphatic rings. The van der Waals surface area contributed by atoms with Gasteiger partial charge in [0.2, 0.25) is 5.91 Å². The Kier molecular flexibility index (Phi) is 5.83. The molecular formula is C17H17Cl2N3O2S. The summed E-state index contributed by atoms with van der Waals surface area (Å²) in [5.41, 5.74) is 0.584. The van der Waals surface area contributed by atoms with E-state index in [1.54, 1.807) is 23.1 Å². The summed E-state index contributed by atoms with van der Waals surface area (Å²) in [5.74, 6) is -0.208. The van der Waals surface area contributed by atoms with Crippen LogP contribution in [-0.4, -0.2) is 29.9 Å². The number of urea groups is 1. The van der Waals surface area contributed by atoms with Crippen LogP contribution in [0.1, 0.15) is 12.8 Å². The maximum absolute atomic E-state index is 12.4. The highest BCUT2D eigenvalue weighted by Gasteiger charge is 2.27. The molecule has 0 spiro atoms. The number of hydrogen-bond acceptors (Lipinski definition) is 3. The molecule has 2 N–H and O–H groups in total. The lowest BCUT2D eigenvalue weighted by atomic mass is 9.96. The standard InChI is InChI=1S/C17H17Cl2N3O2S/c18-12-8-13(19)10-14(9-12)20-16(23)11-3-5-22(6-4-11)17(24)21-15-2-1-7-25-15/h1-2,7-11H,3-6H2,(H,20,23)(H,21,24). The smallest absolute Gasteiger partial charge is 0.322 e. The van der Waals surface area contributed by atoms with Crippen LogP contribution in [0.3, 0.4) is 0 Å². The van der Waals surface area contributed by atoms with E-state index in [-0.39, 0.29) is 17.9 Å². The molecule has 1 aromatic heterocycles. The van der Waals surface area contributed by atoms with Crippen LogP contribution in [0, 0.1) is 5.92 Å². The van der Waals surface area contributed by atoms with Gasteiger partial charge in [0.05, 0.1) is 5.00 Å². The van der Waals surface area contributed by atoms with Crippen molar-refractivity contribution >= 4 is 57.2 Å². The largest absolute Gasteiger partial charge is 0.326 e. The van der Waals surface area contributed by atoms with Crippen molar-refractivity contribution < 1.29 is 9.59 Å². The second-order valence-electron chi connectivity index (χ2n) is 5.82. The predicted octanol–water partition coefficient (Wildman–Crippen LogP) is 4.94. The molecule has 0 unspecified atom stereocenters. The highest BCUT2D eigenvalue weighted by atomic mass is 35.5. The van der Waals surface area contributed by atoms with Gasteiger partial charge < -0.3 is 10.2 Å². The van der Waals surface area contributed by atoms with Crippen molar-refractivity contribution in [1.82, 2.24) is 4.90 Å². The van der Waals surface area contributed by atoms with Crippen LogP contribution in [0.25, 0.3) is 0 Å². The number of carbonyl (C=O) groups is 2. The summed E-state index contributed by atoms with van der Waals surface area (Å²) in [5, 5.41) is 9.39. The molecule has 1 saturated heterocycles. The lowest BCUT2D eigenvalue weighted by molar-refractivity contribution is -0.121. The van der Waals surface area contributed by atoms with Gasteiger partial charge in [-0.05, 0) is 48.6 Å². The summed E-state index contributed by atoms with van der Waals surface area (Å²) in [6, 6.07) is 8.56. The van der Waals surface area contributed by atoms with Crippen molar-refractivity contribution in [3.63, 3.8) is 0 Å². The number of benzene rings is 1. The number of likely N-dealkylation sites (tertiary alicyclic amines) is 1. The van der Waals surface area contributed by atoms with E-state index in [0.717, 1.165) is 5.00 Å². The lowest BCUT2D eigenvalue weighted by Crippen LogP contribution is -2.43. The minimum Gasteiger partial charge on any atom is -0.326 e. The topological polar surface area (TPSA) is 61.4 Å². The Hall–Kier alpha value is -1.76. The number of piperidine rings is 1. The second kappa shape index (κ2) is 8.08. The molecule has 0 aliphatic carbocycles. The molecule has 1 fully saturated rings. The quantitative estimate of drug-likeness (QED) is 0.770. The van der Waals surface area contributed by atoms with Crippen LogP contribution in [-0.2, 0) is 4.79 Å². The predicted molar refractivity (Wildman–Crippen MR) is 103 cm³/mol. The second-order valence-corrected chi connectivity index (χ2v) is 7.64. The van der Waals surface area contributed by atoms with Crippen LogP contribution in [0.4, 0.5) is 15.5 Å². The SMILES string of the molecule is O=C(Nc1cc(Cl)cc(Cl)c1)C1CCN(C(=O)Nc2cccs2)CC1. The molecule has 2 aromatic rings. The van der Waals surface area contributed by atoms with E-state index in [9.17, 15) is 9.59 Å². The number of rotatable bonds is 3. The zero-order valence-electron chi connectivity index (χ0n) is 13.3. The van der Waals surface area contributed by atoms with Gasteiger partial charge in [0, 0.05) is 34.7 Å². The van der Waals surface area contributed by atoms with E-state index in [0.29, 0.717) is 41.7 Å². The van der Waals surface area contributed by atoms with Crippen molar-refractivity contribution in [3.05, 3.63) is 45.8 Å². The summed E-state index contributed by atoms with van der Waals surface area (Å²) in [6.45, 7) is 1.09. The van der Waals surface area contributed by atoms with Gasteiger partial charge in [-0.15, -0.1) is 11.3 Å². The molecule has 3 amide bonds. The number of anilines is 2. The lowest BCUT2D eigenvalue weighted by Gasteiger charge is -2.31. The third-order valence-corrected chi connectivity index (χ3v) is 5.26. The first-order valence-electron chi connectivity index (χ1n) is 7.87. The van der Waals surface area contributed by atoms with Crippen LogP contribution in [0.15, 0.2) is 35.7 Å². The van der Waals surface area contributed by atoms with Gasteiger partial charge in [0.15, 0.2) is 0 Å². The molecule has 0 atom stereocenters. The van der Waals surface area contributed by atoms with Gasteiger partial charge in [0.1, 0.15) is 0 Å². The highest BCUT2D eigenvalue weighted by molar-refractivity contribution is 7.14. The zero-order valence-corrected chi connectivity index (χ0v) is 15.6. The van der Waals surface area contributed by atoms with Gasteiger partial charge in [0.25, 0.3) is 0 Å². The Morgan fingerprint density at radius 3 is 2.36 bits per heavy atom. The van der Waals surface area contributed by atoms with Crippen molar-refractivity contribution in [2.24, 2.45) is 5.92 Å². The summed E-state index contributed by atoms with van der Waals surface area (Å²) in [7, 11) is 0. The van der Waals surface area contributed by atoms with E-state index >= 15 is 0 Å². The minimum atomic E-state index is -0.136. The van der Waals surface area contributed by atoms with Gasteiger partial charge in [-0.1, -0.05) is 23.2 Å². The molecule has 1 aromatic carbocycles. The number of amides is 3. The van der Waals surface area contributed by atoms with E-state index in [1.807, 2.05) is 17.5 Å². The molecule has 3 rings (SSSR count). The number of nitrogens with zero attached hydrogens (tertiary/aromatic N) is 1. The Morgan fingerprint density at radius 2 is 1.76 bits per heavy atom. The molecule has 0 bridgehead atoms. The van der Waals surface area contributed by atoms with Crippen molar-refractivity contribution in [3.8, 4) is 0 Å². The Labute approximate surface area is 159 Å². The van der Waals surface area contributed by atoms with Crippen LogP contribution < -0.4 is 10.6 Å². The van der Waals surface area contributed by atoms with Crippen molar-refractivity contribution in [2.75, 3.05) is 23.7 Å². The Morgan fingerprint density at radius 1 is 1.08 bits per heavy atom. The molecule has 5 nitrogen and oxygen atoms in total. The van der Waals surface area contributed by atoms with Gasteiger partial charge in [-0.3, -0.25) is 10.1 Å². The molecule has 25 heavy (non-hydrogen) atoms. The number of thiophene rings is 1. The van der Waals surface area contributed by atoms with Crippen LogP contribution in [0.2, 0.25) is 10.0 Å². The number of nitrogens with one attached hydrogen (secondary N) is 2. The molecule has 132 valence electrons. The zero-order chi connectivity index (χ0) is 17.8. The first-order valence-corrected chi connectivity index (χ1v) is 9.51. The minimum absolute atomic E-state index is 0.0725. The number of carbonyl (C=O) groups excluding carboxylic acids is 2. The third kappa shape index (κ3) is 4.87. The van der Waals surface area contributed by atoms with Gasteiger partial charge in [-0.25, -0.2) is 4.79 Å². The van der Waals surface area contributed by atoms with E-state index < -0.39 is 0 Å². The highest BCUT2D eigenvalue weighted by Crippen LogP contribution is 2.25. The molecule has 1 aliphatic heterocycles. The summed E-state index contributed by atoms with van der Waals surface area (Å²) >= 11 is 13.4. The van der Waals surface area contributed by atoms with E-state index in [1.165, 1.54) is 11.3 Å². The summed E-state index contributed by atoms with van der Waals surface area (Å²) in [4.78, 5) is 26.3. The summed E-state index contributed by atoms with van der Waals surface area (Å²) < 4.78 is 0. The van der Waals surface area contributed by atoms with Crippen molar-refractivity contribution in [1.29, 1.82) is 0 Å². The normalized spacial score (nSPS) is 15.0. The molecule has 2 heterocycles. The number of halogens is 2. The third-order valence-electron chi connectivity index (χ3n) is 4.03. The fourth-order valence-corrected chi connectivity index (χ4v) is 3.88. The van der Waals surface area contributed by atoms with E-state index in [2.05, 4.69) is 10.6 Å². The maximum atomic E-state index is 12.4. The average molecular weight is 398 g/mol. The first kappa shape index (κ1) is 18.0. The van der Waals surface area contributed by atoms with E-state index in [4.69, 9.17) is 23.2 Å². The van der Waals surface area contributed by atoms with Crippen LogP contribution in [0.5, 0.6) is 0 Å². The molecule has 0 saturated carbocycles. The fraction of sp³-hybridized carbons (Fsp3) is 0.294. The fourth-order valence-electron chi connectivity index (χ4n) is 2.75.